The lowest BCUT2D eigenvalue weighted by Crippen LogP contribution is -2.71. The summed E-state index contributed by atoms with van der Waals surface area (Å²) in [5.41, 5.74) is 1.41. The van der Waals surface area contributed by atoms with Crippen molar-refractivity contribution in [3.63, 3.8) is 0 Å². The molecule has 0 radical (unpaired) electrons. The molecule has 1 aromatic carbocycles. The predicted octanol–water partition coefficient (Wildman–Crippen LogP) is 1.77. The molecule has 0 saturated carbocycles. The summed E-state index contributed by atoms with van der Waals surface area (Å²) in [5.74, 6) is -0.651. The number of aromatic hydroxyl groups is 1. The van der Waals surface area contributed by atoms with Gasteiger partial charge in [-0.05, 0) is 30.2 Å². The molecule has 4 N–H and O–H groups in total. The Morgan fingerprint density at radius 1 is 1.28 bits per heavy atom. The molecule has 4 rings (SSSR count). The number of urea groups is 1. The maximum absolute atomic E-state index is 12.7. The Morgan fingerprint density at radius 3 is 2.69 bits per heavy atom. The molecular weight excluding hydrogens is 474 g/mol. The first kappa shape index (κ1) is 22.4. The van der Waals surface area contributed by atoms with Crippen LogP contribution in [0.3, 0.4) is 0 Å². The second-order valence-corrected chi connectivity index (χ2v) is 10.5. The van der Waals surface area contributed by atoms with Crippen molar-refractivity contribution < 1.29 is 24.6 Å². The molecule has 1 fully saturated rings. The van der Waals surface area contributed by atoms with Crippen molar-refractivity contribution in [3.8, 4) is 5.75 Å². The number of hydrogen-bond donors (Lipinski definition) is 4. The summed E-state index contributed by atoms with van der Waals surface area (Å²) >= 11 is 4.24. The van der Waals surface area contributed by atoms with Crippen LogP contribution >= 0.6 is 34.9 Å². The highest BCUT2D eigenvalue weighted by molar-refractivity contribution is 8.01. The van der Waals surface area contributed by atoms with Gasteiger partial charge in [0.05, 0.1) is 0 Å². The molecule has 1 aromatic heterocycles. The summed E-state index contributed by atoms with van der Waals surface area (Å²) in [5, 5.41) is 32.7. The maximum Gasteiger partial charge on any atom is 0.352 e. The van der Waals surface area contributed by atoms with Gasteiger partial charge in [0.2, 0.25) is 0 Å². The number of thioether (sulfide) groups is 2. The van der Waals surface area contributed by atoms with E-state index < -0.39 is 29.3 Å². The minimum atomic E-state index is -1.16. The molecule has 2 aliphatic rings. The summed E-state index contributed by atoms with van der Waals surface area (Å²) in [4.78, 5) is 38.1. The van der Waals surface area contributed by atoms with Crippen LogP contribution in [0.2, 0.25) is 0 Å². The Labute approximate surface area is 195 Å². The number of carboxylic acids is 1. The van der Waals surface area contributed by atoms with E-state index in [1.807, 2.05) is 6.92 Å². The van der Waals surface area contributed by atoms with E-state index in [0.29, 0.717) is 17.1 Å². The molecule has 3 heterocycles. The van der Waals surface area contributed by atoms with Crippen LogP contribution in [-0.2, 0) is 16.1 Å². The molecule has 32 heavy (non-hydrogen) atoms. The Kier molecular flexibility index (Phi) is 6.58. The van der Waals surface area contributed by atoms with Crippen molar-refractivity contribution in [1.82, 2.24) is 25.7 Å². The first-order valence-electron chi connectivity index (χ1n) is 9.48. The molecule has 0 aliphatic carbocycles. The summed E-state index contributed by atoms with van der Waals surface area (Å²) in [6, 6.07) is 5.07. The highest BCUT2D eigenvalue weighted by atomic mass is 32.2. The number of aromatic nitrogens is 2. The van der Waals surface area contributed by atoms with Crippen LogP contribution in [0.4, 0.5) is 4.79 Å². The number of hydrogen-bond acceptors (Lipinski definition) is 9. The molecule has 0 bridgehead atoms. The van der Waals surface area contributed by atoms with E-state index in [4.69, 9.17) is 0 Å². The van der Waals surface area contributed by atoms with Gasteiger partial charge in [-0.1, -0.05) is 35.2 Å². The van der Waals surface area contributed by atoms with E-state index >= 15 is 0 Å². The largest absolute Gasteiger partial charge is 0.508 e. The Bertz CT molecular complexity index is 1090. The fraction of sp³-hybridized carbons (Fsp3) is 0.316. The van der Waals surface area contributed by atoms with E-state index in [2.05, 4.69) is 20.8 Å². The van der Waals surface area contributed by atoms with Crippen LogP contribution in [0, 0.1) is 6.92 Å². The first-order valence-corrected chi connectivity index (χ1v) is 12.3. The number of aliphatic carboxylic acids is 1. The number of rotatable bonds is 7. The van der Waals surface area contributed by atoms with Crippen LogP contribution in [0.25, 0.3) is 0 Å². The lowest BCUT2D eigenvalue weighted by Gasteiger charge is -2.49. The molecular formula is C19H19N5O5S3. The number of nitrogens with one attached hydrogen (secondary N) is 2. The number of amides is 3. The summed E-state index contributed by atoms with van der Waals surface area (Å²) in [6.07, 6.45) is 0. The second-order valence-electron chi connectivity index (χ2n) is 7.01. The predicted molar refractivity (Wildman–Crippen MR) is 120 cm³/mol. The zero-order valence-electron chi connectivity index (χ0n) is 16.8. The van der Waals surface area contributed by atoms with Crippen molar-refractivity contribution in [1.29, 1.82) is 0 Å². The topological polar surface area (TPSA) is 145 Å². The summed E-state index contributed by atoms with van der Waals surface area (Å²) in [7, 11) is 0. The molecule has 168 valence electrons. The van der Waals surface area contributed by atoms with Gasteiger partial charge >= 0.3 is 12.0 Å². The van der Waals surface area contributed by atoms with Gasteiger partial charge in [0.1, 0.15) is 27.9 Å². The number of fused-ring (bicyclic) bond motifs is 1. The lowest BCUT2D eigenvalue weighted by atomic mass is 10.0. The minimum absolute atomic E-state index is 0.0185. The van der Waals surface area contributed by atoms with Crippen LogP contribution < -0.4 is 10.6 Å². The molecule has 13 heteroatoms. The van der Waals surface area contributed by atoms with Crippen LogP contribution in [0.15, 0.2) is 39.9 Å². The lowest BCUT2D eigenvalue weighted by molar-refractivity contribution is -0.148. The van der Waals surface area contributed by atoms with E-state index in [-0.39, 0.29) is 18.0 Å². The van der Waals surface area contributed by atoms with Crippen LogP contribution in [0.5, 0.6) is 5.75 Å². The highest BCUT2D eigenvalue weighted by Gasteiger charge is 2.54. The average molecular weight is 494 g/mol. The number of carboxylic acid groups (broad SMARTS) is 1. The van der Waals surface area contributed by atoms with E-state index in [1.165, 1.54) is 51.9 Å². The van der Waals surface area contributed by atoms with Gasteiger partial charge < -0.3 is 20.8 Å². The number of β-lactam (4-membered cyclic amide) rings is 1. The molecule has 3 amide bonds. The van der Waals surface area contributed by atoms with Gasteiger partial charge in [-0.15, -0.1) is 22.0 Å². The SMILES string of the molecule is Cc1nnc(SCC2=C(C(=O)O)N3C(=O)C(NC(=O)NCc4ccc(O)cc4)[C@H]3SC2)s1. The highest BCUT2D eigenvalue weighted by Crippen LogP contribution is 2.41. The third kappa shape index (κ3) is 4.69. The normalized spacial score (nSPS) is 19.9. The quantitative estimate of drug-likeness (QED) is 0.335. The Morgan fingerprint density at radius 2 is 2.03 bits per heavy atom. The van der Waals surface area contributed by atoms with Crippen molar-refractivity contribution >= 4 is 52.8 Å². The smallest absolute Gasteiger partial charge is 0.352 e. The average Bonchev–Trinajstić information content (AvgIpc) is 3.19. The zero-order chi connectivity index (χ0) is 22.8. The molecule has 2 aromatic rings. The Hall–Kier alpha value is -2.77. The monoisotopic (exact) mass is 493 g/mol. The molecule has 0 spiro atoms. The van der Waals surface area contributed by atoms with Crippen LogP contribution in [0.1, 0.15) is 10.6 Å². The van der Waals surface area contributed by atoms with Crippen molar-refractivity contribution in [2.24, 2.45) is 0 Å². The van der Waals surface area contributed by atoms with Crippen molar-refractivity contribution in [2.75, 3.05) is 11.5 Å². The van der Waals surface area contributed by atoms with Gasteiger partial charge in [-0.25, -0.2) is 9.59 Å². The van der Waals surface area contributed by atoms with Gasteiger partial charge in [-0.3, -0.25) is 9.69 Å². The van der Waals surface area contributed by atoms with Gasteiger partial charge in [0, 0.05) is 18.1 Å². The number of nitrogens with zero attached hydrogens (tertiary/aromatic N) is 3. The minimum Gasteiger partial charge on any atom is -0.508 e. The summed E-state index contributed by atoms with van der Waals surface area (Å²) in [6.45, 7) is 2.07. The van der Waals surface area contributed by atoms with Gasteiger partial charge in [0.15, 0.2) is 4.34 Å². The molecule has 10 nitrogen and oxygen atoms in total. The second kappa shape index (κ2) is 9.38. The third-order valence-electron chi connectivity index (χ3n) is 4.80. The number of benzene rings is 1. The fourth-order valence-corrected chi connectivity index (χ4v) is 6.57. The van der Waals surface area contributed by atoms with Gasteiger partial charge in [0.25, 0.3) is 5.91 Å². The number of phenolic OH excluding ortho intramolecular Hbond substituents is 1. The summed E-state index contributed by atoms with van der Waals surface area (Å²) < 4.78 is 0.742. The van der Waals surface area contributed by atoms with E-state index in [1.54, 1.807) is 12.1 Å². The molecule has 2 atom stereocenters. The zero-order valence-corrected chi connectivity index (χ0v) is 19.2. The molecule has 1 saturated heterocycles. The third-order valence-corrected chi connectivity index (χ3v) is 8.20. The Balaban J connectivity index is 1.37. The van der Waals surface area contributed by atoms with Gasteiger partial charge in [-0.2, -0.15) is 0 Å². The fourth-order valence-electron chi connectivity index (χ4n) is 3.27. The van der Waals surface area contributed by atoms with Crippen molar-refractivity contribution in [2.45, 2.75) is 29.2 Å². The van der Waals surface area contributed by atoms with E-state index in [9.17, 15) is 24.6 Å². The van der Waals surface area contributed by atoms with Crippen LogP contribution in [-0.4, -0.2) is 66.1 Å². The maximum atomic E-state index is 12.7. The number of carbonyl (C=O) groups is 3. The molecule has 1 unspecified atom stereocenters. The van der Waals surface area contributed by atoms with E-state index in [0.717, 1.165) is 14.9 Å². The standard InChI is InChI=1S/C19H19N5O5S3/c1-9-22-23-19(32-9)31-8-11-7-30-16-13(15(26)24(16)14(11)17(27)28)21-18(29)20-6-10-2-4-12(25)5-3-10/h2-5,13,16,25H,6-8H2,1H3,(H,27,28)(H2,20,21,29)/t13?,16-/m1/s1. The molecule has 2 aliphatic heterocycles. The number of carbonyl (C=O) groups excluding carboxylic acids is 2. The number of aryl methyl sites for hydroxylation is 1. The van der Waals surface area contributed by atoms with Crippen molar-refractivity contribution in [3.05, 3.63) is 46.1 Å². The number of phenols is 1. The first-order chi connectivity index (χ1) is 15.3.